The highest BCUT2D eigenvalue weighted by molar-refractivity contribution is 5.91. The zero-order valence-corrected chi connectivity index (χ0v) is 14.9. The average Bonchev–Trinajstić information content (AvgIpc) is 3.20. The average molecular weight is 350 g/mol. The second-order valence-corrected chi connectivity index (χ2v) is 5.91. The summed E-state index contributed by atoms with van der Waals surface area (Å²) in [6, 6.07) is 18.9. The molecule has 1 unspecified atom stereocenters. The Morgan fingerprint density at radius 2 is 1.62 bits per heavy atom. The van der Waals surface area contributed by atoms with E-state index in [9.17, 15) is 4.79 Å². The van der Waals surface area contributed by atoms with Crippen molar-refractivity contribution in [3.63, 3.8) is 0 Å². The van der Waals surface area contributed by atoms with Crippen molar-refractivity contribution in [1.29, 1.82) is 0 Å². The molecule has 1 heterocycles. The van der Waals surface area contributed by atoms with Crippen molar-refractivity contribution in [2.75, 3.05) is 19.5 Å². The first-order chi connectivity index (χ1) is 12.7. The molecule has 26 heavy (non-hydrogen) atoms. The molecule has 1 atom stereocenters. The van der Waals surface area contributed by atoms with E-state index in [1.807, 2.05) is 71.6 Å². The number of ether oxygens (including phenoxy) is 2. The van der Waals surface area contributed by atoms with Gasteiger partial charge < -0.3 is 19.4 Å². The first kappa shape index (κ1) is 17.6. The molecule has 1 amide bonds. The molecule has 0 spiro atoms. The molecule has 1 aromatic heterocycles. The van der Waals surface area contributed by atoms with Crippen molar-refractivity contribution in [3.05, 3.63) is 78.6 Å². The molecule has 0 bridgehead atoms. The van der Waals surface area contributed by atoms with Crippen molar-refractivity contribution in [2.45, 2.75) is 12.5 Å². The van der Waals surface area contributed by atoms with Crippen LogP contribution in [0.4, 0.5) is 5.69 Å². The molecule has 0 fully saturated rings. The van der Waals surface area contributed by atoms with E-state index in [0.717, 1.165) is 11.3 Å². The molecule has 1 N–H and O–H groups in total. The Labute approximate surface area is 153 Å². The Morgan fingerprint density at radius 1 is 0.962 bits per heavy atom. The third kappa shape index (κ3) is 4.25. The Balaban J connectivity index is 1.80. The molecule has 0 radical (unpaired) electrons. The number of rotatable bonds is 7. The van der Waals surface area contributed by atoms with Gasteiger partial charge in [0.15, 0.2) is 0 Å². The van der Waals surface area contributed by atoms with Gasteiger partial charge in [0.2, 0.25) is 5.91 Å². The van der Waals surface area contributed by atoms with Crippen LogP contribution in [0.1, 0.15) is 18.0 Å². The fourth-order valence-corrected chi connectivity index (χ4v) is 2.89. The number of aromatic nitrogens is 1. The highest BCUT2D eigenvalue weighted by Gasteiger charge is 2.18. The quantitative estimate of drug-likeness (QED) is 0.697. The van der Waals surface area contributed by atoms with Crippen molar-refractivity contribution < 1.29 is 14.3 Å². The molecule has 2 aromatic carbocycles. The molecule has 0 saturated carbocycles. The third-order valence-electron chi connectivity index (χ3n) is 4.20. The van der Waals surface area contributed by atoms with E-state index >= 15 is 0 Å². The van der Waals surface area contributed by atoms with E-state index in [2.05, 4.69) is 5.32 Å². The number of anilines is 1. The van der Waals surface area contributed by atoms with E-state index in [1.165, 1.54) is 0 Å². The summed E-state index contributed by atoms with van der Waals surface area (Å²) in [5.41, 5.74) is 1.73. The van der Waals surface area contributed by atoms with Gasteiger partial charge >= 0.3 is 0 Å². The fourth-order valence-electron chi connectivity index (χ4n) is 2.89. The second-order valence-electron chi connectivity index (χ2n) is 5.91. The number of carbonyl (C=O) groups excluding carboxylic acids is 1. The van der Waals surface area contributed by atoms with Crippen LogP contribution in [0.15, 0.2) is 73.1 Å². The molecule has 0 saturated heterocycles. The largest absolute Gasteiger partial charge is 0.497 e. The lowest BCUT2D eigenvalue weighted by atomic mass is 10.0. The van der Waals surface area contributed by atoms with Crippen LogP contribution in [-0.4, -0.2) is 24.7 Å². The van der Waals surface area contributed by atoms with Gasteiger partial charge in [-0.2, -0.15) is 0 Å². The van der Waals surface area contributed by atoms with Crippen LogP contribution in [0, 0.1) is 0 Å². The molecule has 3 rings (SSSR count). The fraction of sp³-hybridized carbons (Fsp3) is 0.190. The summed E-state index contributed by atoms with van der Waals surface area (Å²) >= 11 is 0. The summed E-state index contributed by atoms with van der Waals surface area (Å²) in [4.78, 5) is 12.6. The minimum atomic E-state index is -0.120. The van der Waals surface area contributed by atoms with Crippen molar-refractivity contribution in [1.82, 2.24) is 4.57 Å². The molecular weight excluding hydrogens is 328 g/mol. The van der Waals surface area contributed by atoms with Gasteiger partial charge in [0.05, 0.1) is 26.7 Å². The number of amides is 1. The Morgan fingerprint density at radius 3 is 2.31 bits per heavy atom. The molecular formula is C21H22N2O3. The van der Waals surface area contributed by atoms with Gasteiger partial charge in [-0.1, -0.05) is 18.2 Å². The van der Waals surface area contributed by atoms with Crippen LogP contribution in [0.25, 0.3) is 0 Å². The highest BCUT2D eigenvalue weighted by atomic mass is 16.5. The lowest BCUT2D eigenvalue weighted by molar-refractivity contribution is -0.116. The van der Waals surface area contributed by atoms with Gasteiger partial charge in [0, 0.05) is 24.1 Å². The van der Waals surface area contributed by atoms with E-state index in [-0.39, 0.29) is 11.9 Å². The first-order valence-corrected chi connectivity index (χ1v) is 8.40. The number of carbonyl (C=O) groups is 1. The molecule has 134 valence electrons. The van der Waals surface area contributed by atoms with Gasteiger partial charge in [-0.05, 0) is 42.0 Å². The Kier molecular flexibility index (Phi) is 5.59. The summed E-state index contributed by atoms with van der Waals surface area (Å²) in [7, 11) is 3.24. The standard InChI is InChI=1S/C21H22N2O3/c1-25-18-9-5-7-16(13-18)20(23-11-3-4-12-23)15-21(24)22-17-8-6-10-19(14-17)26-2/h3-14,20H,15H2,1-2H3,(H,22,24). The van der Waals surface area contributed by atoms with Gasteiger partial charge in [-0.15, -0.1) is 0 Å². The van der Waals surface area contributed by atoms with E-state index in [4.69, 9.17) is 9.47 Å². The minimum absolute atomic E-state index is 0.0697. The first-order valence-electron chi connectivity index (χ1n) is 8.40. The van der Waals surface area contributed by atoms with Crippen LogP contribution in [-0.2, 0) is 4.79 Å². The summed E-state index contributed by atoms with van der Waals surface area (Å²) in [6.07, 6.45) is 4.23. The zero-order chi connectivity index (χ0) is 18.4. The number of nitrogens with one attached hydrogen (secondary N) is 1. The number of benzene rings is 2. The Bertz CT molecular complexity index is 859. The normalized spacial score (nSPS) is 11.6. The topological polar surface area (TPSA) is 52.5 Å². The smallest absolute Gasteiger partial charge is 0.226 e. The van der Waals surface area contributed by atoms with Crippen LogP contribution < -0.4 is 14.8 Å². The van der Waals surface area contributed by atoms with Gasteiger partial charge in [0.1, 0.15) is 11.5 Å². The van der Waals surface area contributed by atoms with Crippen molar-refractivity contribution >= 4 is 11.6 Å². The second kappa shape index (κ2) is 8.25. The highest BCUT2D eigenvalue weighted by Crippen LogP contribution is 2.26. The van der Waals surface area contributed by atoms with Crippen molar-refractivity contribution in [3.8, 4) is 11.5 Å². The van der Waals surface area contributed by atoms with E-state index in [0.29, 0.717) is 17.9 Å². The van der Waals surface area contributed by atoms with Gasteiger partial charge in [-0.25, -0.2) is 0 Å². The SMILES string of the molecule is COc1cccc(NC(=O)CC(c2cccc(OC)c2)n2cccc2)c1. The third-order valence-corrected chi connectivity index (χ3v) is 4.20. The van der Waals surface area contributed by atoms with Gasteiger partial charge in [0.25, 0.3) is 0 Å². The number of nitrogens with zero attached hydrogens (tertiary/aromatic N) is 1. The molecule has 0 aliphatic heterocycles. The Hall–Kier alpha value is -3.21. The maximum Gasteiger partial charge on any atom is 0.226 e. The summed E-state index contributed by atoms with van der Waals surface area (Å²) < 4.78 is 12.6. The lowest BCUT2D eigenvalue weighted by Gasteiger charge is -2.20. The zero-order valence-electron chi connectivity index (χ0n) is 14.9. The molecule has 5 nitrogen and oxygen atoms in total. The predicted octanol–water partition coefficient (Wildman–Crippen LogP) is 4.12. The predicted molar refractivity (Wildman–Crippen MR) is 102 cm³/mol. The van der Waals surface area contributed by atoms with Gasteiger partial charge in [-0.3, -0.25) is 4.79 Å². The summed E-state index contributed by atoms with van der Waals surface area (Å²) in [5, 5.41) is 2.94. The summed E-state index contributed by atoms with van der Waals surface area (Å²) in [6.45, 7) is 0. The molecule has 5 heteroatoms. The lowest BCUT2D eigenvalue weighted by Crippen LogP contribution is -2.19. The maximum atomic E-state index is 12.6. The van der Waals surface area contributed by atoms with Crippen LogP contribution >= 0.6 is 0 Å². The van der Waals surface area contributed by atoms with Crippen LogP contribution in [0.2, 0.25) is 0 Å². The number of hydrogen-bond acceptors (Lipinski definition) is 3. The van der Waals surface area contributed by atoms with Crippen LogP contribution in [0.5, 0.6) is 11.5 Å². The molecule has 0 aliphatic rings. The number of methoxy groups -OCH3 is 2. The summed E-state index contributed by atoms with van der Waals surface area (Å²) in [5.74, 6) is 1.41. The van der Waals surface area contributed by atoms with E-state index in [1.54, 1.807) is 20.3 Å². The maximum absolute atomic E-state index is 12.6. The molecule has 0 aliphatic carbocycles. The van der Waals surface area contributed by atoms with Crippen molar-refractivity contribution in [2.24, 2.45) is 0 Å². The number of hydrogen-bond donors (Lipinski definition) is 1. The minimum Gasteiger partial charge on any atom is -0.497 e. The molecule has 3 aromatic rings. The van der Waals surface area contributed by atoms with Crippen LogP contribution in [0.3, 0.4) is 0 Å². The van der Waals surface area contributed by atoms with E-state index < -0.39 is 0 Å². The monoisotopic (exact) mass is 350 g/mol.